The number of carbonyl (C=O) groups excluding carboxylic acids is 1. The molecule has 0 saturated heterocycles. The van der Waals surface area contributed by atoms with E-state index < -0.39 is 0 Å². The van der Waals surface area contributed by atoms with E-state index in [0.29, 0.717) is 5.78 Å². The first-order valence-electron chi connectivity index (χ1n) is 4.48. The van der Waals surface area contributed by atoms with Crippen molar-refractivity contribution in [1.82, 2.24) is 0 Å². The van der Waals surface area contributed by atoms with Crippen molar-refractivity contribution >= 4 is 5.78 Å². The minimum Gasteiger partial charge on any atom is -0.295 e. The van der Waals surface area contributed by atoms with Gasteiger partial charge in [-0.3, -0.25) is 4.79 Å². The first kappa shape index (κ1) is 8.51. The van der Waals surface area contributed by atoms with Crippen LogP contribution >= 0.6 is 0 Å². The van der Waals surface area contributed by atoms with Crippen molar-refractivity contribution < 1.29 is 4.79 Å². The SMILES string of the molecule is C/C=C/C(=O)CCC1CCC1. The Kier molecular flexibility index (Phi) is 3.34. The van der Waals surface area contributed by atoms with E-state index >= 15 is 0 Å². The fraction of sp³-hybridized carbons (Fsp3) is 0.700. The molecule has 62 valence electrons. The number of hydrogen-bond acceptors (Lipinski definition) is 1. The zero-order valence-corrected chi connectivity index (χ0v) is 7.18. The molecule has 1 nitrogen and oxygen atoms in total. The van der Waals surface area contributed by atoms with Crippen molar-refractivity contribution in [3.8, 4) is 0 Å². The Morgan fingerprint density at radius 3 is 2.73 bits per heavy atom. The van der Waals surface area contributed by atoms with Crippen molar-refractivity contribution in [3.63, 3.8) is 0 Å². The maximum Gasteiger partial charge on any atom is 0.155 e. The number of carbonyl (C=O) groups is 1. The van der Waals surface area contributed by atoms with Crippen LogP contribution in [0, 0.1) is 5.92 Å². The molecule has 1 aliphatic carbocycles. The van der Waals surface area contributed by atoms with Crippen LogP contribution < -0.4 is 0 Å². The molecule has 0 spiro atoms. The van der Waals surface area contributed by atoms with Crippen molar-refractivity contribution in [3.05, 3.63) is 12.2 Å². The largest absolute Gasteiger partial charge is 0.295 e. The molecule has 1 fully saturated rings. The summed E-state index contributed by atoms with van der Waals surface area (Å²) in [7, 11) is 0. The summed E-state index contributed by atoms with van der Waals surface area (Å²) in [6.07, 6.45) is 9.45. The lowest BCUT2D eigenvalue weighted by Gasteiger charge is -2.24. The Labute approximate surface area is 68.5 Å². The number of rotatable bonds is 4. The molecular formula is C10H16O. The number of ketones is 1. The van der Waals surface area contributed by atoms with Crippen LogP contribution in [0.25, 0.3) is 0 Å². The Morgan fingerprint density at radius 2 is 2.27 bits per heavy atom. The Morgan fingerprint density at radius 1 is 1.55 bits per heavy atom. The van der Waals surface area contributed by atoms with E-state index in [0.717, 1.165) is 18.8 Å². The van der Waals surface area contributed by atoms with Crippen molar-refractivity contribution in [2.75, 3.05) is 0 Å². The van der Waals surface area contributed by atoms with Crippen LogP contribution in [0.2, 0.25) is 0 Å². The topological polar surface area (TPSA) is 17.1 Å². The predicted octanol–water partition coefficient (Wildman–Crippen LogP) is 2.71. The summed E-state index contributed by atoms with van der Waals surface area (Å²) in [5, 5.41) is 0. The highest BCUT2D eigenvalue weighted by atomic mass is 16.1. The van der Waals surface area contributed by atoms with Crippen LogP contribution in [0.4, 0.5) is 0 Å². The Bertz CT molecular complexity index is 154. The standard InChI is InChI=1S/C10H16O/c1-2-4-10(11)8-7-9-5-3-6-9/h2,4,9H,3,5-8H2,1H3/b4-2+. The van der Waals surface area contributed by atoms with Gasteiger partial charge in [0.25, 0.3) is 0 Å². The summed E-state index contributed by atoms with van der Waals surface area (Å²) in [6.45, 7) is 1.89. The molecule has 0 radical (unpaired) electrons. The van der Waals surface area contributed by atoms with Crippen LogP contribution in [0.3, 0.4) is 0 Å². The smallest absolute Gasteiger partial charge is 0.155 e. The van der Waals surface area contributed by atoms with E-state index in [1.807, 2.05) is 13.0 Å². The molecule has 0 aromatic heterocycles. The lowest BCUT2D eigenvalue weighted by atomic mass is 9.82. The van der Waals surface area contributed by atoms with Gasteiger partial charge in [-0.2, -0.15) is 0 Å². The van der Waals surface area contributed by atoms with E-state index in [1.165, 1.54) is 19.3 Å². The summed E-state index contributed by atoms with van der Waals surface area (Å²) in [6, 6.07) is 0. The molecule has 0 aromatic rings. The molecule has 0 aliphatic heterocycles. The fourth-order valence-electron chi connectivity index (χ4n) is 1.40. The summed E-state index contributed by atoms with van der Waals surface area (Å²) >= 11 is 0. The van der Waals surface area contributed by atoms with Gasteiger partial charge in [0.1, 0.15) is 0 Å². The second-order valence-electron chi connectivity index (χ2n) is 3.30. The summed E-state index contributed by atoms with van der Waals surface area (Å²) in [4.78, 5) is 11.0. The van der Waals surface area contributed by atoms with E-state index in [4.69, 9.17) is 0 Å². The van der Waals surface area contributed by atoms with Crippen LogP contribution in [-0.4, -0.2) is 5.78 Å². The van der Waals surface area contributed by atoms with Crippen LogP contribution in [-0.2, 0) is 4.79 Å². The second kappa shape index (κ2) is 4.32. The van der Waals surface area contributed by atoms with E-state index in [2.05, 4.69) is 0 Å². The van der Waals surface area contributed by atoms with Crippen molar-refractivity contribution in [2.45, 2.75) is 39.0 Å². The van der Waals surface area contributed by atoms with Crippen LogP contribution in [0.5, 0.6) is 0 Å². The lowest BCUT2D eigenvalue weighted by Crippen LogP contribution is -2.11. The molecule has 1 rings (SSSR count). The van der Waals surface area contributed by atoms with E-state index in [-0.39, 0.29) is 0 Å². The third-order valence-electron chi connectivity index (χ3n) is 2.38. The zero-order chi connectivity index (χ0) is 8.10. The second-order valence-corrected chi connectivity index (χ2v) is 3.30. The van der Waals surface area contributed by atoms with E-state index in [1.54, 1.807) is 6.08 Å². The minimum atomic E-state index is 0.291. The van der Waals surface area contributed by atoms with Crippen molar-refractivity contribution in [2.24, 2.45) is 5.92 Å². The lowest BCUT2D eigenvalue weighted by molar-refractivity contribution is -0.115. The molecule has 0 atom stereocenters. The summed E-state index contributed by atoms with van der Waals surface area (Å²) in [5.74, 6) is 1.16. The zero-order valence-electron chi connectivity index (χ0n) is 7.18. The molecule has 11 heavy (non-hydrogen) atoms. The monoisotopic (exact) mass is 152 g/mol. The first-order chi connectivity index (χ1) is 5.33. The highest BCUT2D eigenvalue weighted by Gasteiger charge is 2.17. The number of allylic oxidation sites excluding steroid dienone is 2. The van der Waals surface area contributed by atoms with Crippen LogP contribution in [0.1, 0.15) is 39.0 Å². The molecule has 0 amide bonds. The predicted molar refractivity (Wildman–Crippen MR) is 46.4 cm³/mol. The van der Waals surface area contributed by atoms with Gasteiger partial charge in [0, 0.05) is 6.42 Å². The fourth-order valence-corrected chi connectivity index (χ4v) is 1.40. The van der Waals surface area contributed by atoms with E-state index in [9.17, 15) is 4.79 Å². The first-order valence-corrected chi connectivity index (χ1v) is 4.48. The van der Waals surface area contributed by atoms with Gasteiger partial charge in [-0.1, -0.05) is 25.3 Å². The number of hydrogen-bond donors (Lipinski definition) is 0. The molecule has 1 heteroatoms. The normalized spacial score (nSPS) is 18.6. The highest BCUT2D eigenvalue weighted by Crippen LogP contribution is 2.30. The quantitative estimate of drug-likeness (QED) is 0.566. The Hall–Kier alpha value is -0.590. The van der Waals surface area contributed by atoms with Gasteiger partial charge in [-0.15, -0.1) is 0 Å². The van der Waals surface area contributed by atoms with Gasteiger partial charge in [0.2, 0.25) is 0 Å². The molecule has 0 unspecified atom stereocenters. The van der Waals surface area contributed by atoms with Gasteiger partial charge in [-0.05, 0) is 25.3 Å². The molecule has 0 heterocycles. The third-order valence-corrected chi connectivity index (χ3v) is 2.38. The average Bonchev–Trinajstić information content (AvgIpc) is 1.85. The minimum absolute atomic E-state index is 0.291. The molecular weight excluding hydrogens is 136 g/mol. The molecule has 0 bridgehead atoms. The van der Waals surface area contributed by atoms with Gasteiger partial charge < -0.3 is 0 Å². The Balaban J connectivity index is 2.05. The molecule has 0 aromatic carbocycles. The highest BCUT2D eigenvalue weighted by molar-refractivity contribution is 5.89. The average molecular weight is 152 g/mol. The summed E-state index contributed by atoms with van der Waals surface area (Å²) in [5.41, 5.74) is 0. The molecule has 0 N–H and O–H groups in total. The summed E-state index contributed by atoms with van der Waals surface area (Å²) < 4.78 is 0. The molecule has 1 saturated carbocycles. The third kappa shape index (κ3) is 2.87. The van der Waals surface area contributed by atoms with Gasteiger partial charge in [0.05, 0.1) is 0 Å². The van der Waals surface area contributed by atoms with Gasteiger partial charge in [-0.25, -0.2) is 0 Å². The molecule has 1 aliphatic rings. The van der Waals surface area contributed by atoms with Gasteiger partial charge >= 0.3 is 0 Å². The van der Waals surface area contributed by atoms with Crippen molar-refractivity contribution in [1.29, 1.82) is 0 Å². The van der Waals surface area contributed by atoms with Crippen LogP contribution in [0.15, 0.2) is 12.2 Å². The van der Waals surface area contributed by atoms with Gasteiger partial charge in [0.15, 0.2) is 5.78 Å². The maximum absolute atomic E-state index is 11.0. The maximum atomic E-state index is 11.0.